The summed E-state index contributed by atoms with van der Waals surface area (Å²) in [6, 6.07) is 0. The monoisotopic (exact) mass is 298 g/mol. The molecule has 0 aliphatic carbocycles. The Bertz CT molecular complexity index is 391. The molecule has 0 saturated carbocycles. The van der Waals surface area contributed by atoms with Crippen molar-refractivity contribution < 1.29 is 9.59 Å². The molecular formula is C15H30N4O2. The Labute approximate surface area is 128 Å². The fraction of sp³-hybridized carbons (Fsp3) is 0.867. The van der Waals surface area contributed by atoms with Crippen LogP contribution in [-0.2, 0) is 9.59 Å². The molecular weight excluding hydrogens is 268 g/mol. The number of likely N-dealkylation sites (N-methyl/N-ethyl adjacent to an activating group) is 1. The van der Waals surface area contributed by atoms with Crippen LogP contribution in [0.4, 0.5) is 0 Å². The van der Waals surface area contributed by atoms with Crippen molar-refractivity contribution in [3.8, 4) is 0 Å². The van der Waals surface area contributed by atoms with Crippen LogP contribution < -0.4 is 5.73 Å². The number of nitrogens with zero attached hydrogens (tertiary/aromatic N) is 3. The average Bonchev–Trinajstić information content (AvgIpc) is 2.37. The molecule has 21 heavy (non-hydrogen) atoms. The molecule has 6 nitrogen and oxygen atoms in total. The zero-order valence-corrected chi connectivity index (χ0v) is 14.3. The number of carbonyl (C=O) groups is 2. The van der Waals surface area contributed by atoms with E-state index < -0.39 is 11.0 Å². The third kappa shape index (κ3) is 4.17. The topological polar surface area (TPSA) is 69.9 Å². The maximum absolute atomic E-state index is 12.7. The molecule has 1 saturated heterocycles. The highest BCUT2D eigenvalue weighted by molar-refractivity contribution is 5.83. The number of piperazine rings is 1. The second kappa shape index (κ2) is 6.32. The quantitative estimate of drug-likeness (QED) is 0.792. The number of nitrogens with two attached hydrogens (primary N) is 1. The Morgan fingerprint density at radius 1 is 1.05 bits per heavy atom. The molecule has 0 atom stereocenters. The van der Waals surface area contributed by atoms with Gasteiger partial charge in [-0.15, -0.1) is 0 Å². The van der Waals surface area contributed by atoms with Crippen LogP contribution in [0.25, 0.3) is 0 Å². The van der Waals surface area contributed by atoms with Gasteiger partial charge in [-0.25, -0.2) is 0 Å². The molecule has 1 heterocycles. The second-order valence-electron chi connectivity index (χ2n) is 7.20. The summed E-state index contributed by atoms with van der Waals surface area (Å²) in [5.74, 6) is 0.187. The summed E-state index contributed by atoms with van der Waals surface area (Å²) < 4.78 is 0. The van der Waals surface area contributed by atoms with Crippen LogP contribution in [0, 0.1) is 5.41 Å². The fourth-order valence-corrected chi connectivity index (χ4v) is 2.11. The molecule has 0 aromatic rings. The predicted octanol–water partition coefficient (Wildman–Crippen LogP) is -0.0177. The SMILES string of the molecule is CN(C)C(=O)CN1CCN(C(=O)C(C)(C)C(C)(C)N)CC1. The van der Waals surface area contributed by atoms with Gasteiger partial charge in [0.1, 0.15) is 0 Å². The van der Waals surface area contributed by atoms with E-state index in [1.165, 1.54) is 0 Å². The van der Waals surface area contributed by atoms with Gasteiger partial charge in [-0.1, -0.05) is 0 Å². The van der Waals surface area contributed by atoms with Crippen LogP contribution in [0.2, 0.25) is 0 Å². The first kappa shape index (κ1) is 17.9. The summed E-state index contributed by atoms with van der Waals surface area (Å²) in [7, 11) is 3.52. The predicted molar refractivity (Wildman–Crippen MR) is 83.8 cm³/mol. The lowest BCUT2D eigenvalue weighted by Crippen LogP contribution is -2.60. The van der Waals surface area contributed by atoms with E-state index in [4.69, 9.17) is 5.73 Å². The van der Waals surface area contributed by atoms with Gasteiger partial charge in [0.2, 0.25) is 11.8 Å². The van der Waals surface area contributed by atoms with Crippen LogP contribution in [0.1, 0.15) is 27.7 Å². The van der Waals surface area contributed by atoms with Crippen molar-refractivity contribution in [3.63, 3.8) is 0 Å². The van der Waals surface area contributed by atoms with Gasteiger partial charge in [0, 0.05) is 45.8 Å². The summed E-state index contributed by atoms with van der Waals surface area (Å²) in [4.78, 5) is 29.9. The van der Waals surface area contributed by atoms with E-state index in [0.717, 1.165) is 13.1 Å². The molecule has 1 rings (SSSR count). The zero-order valence-electron chi connectivity index (χ0n) is 14.3. The number of rotatable bonds is 4. The molecule has 6 heteroatoms. The van der Waals surface area contributed by atoms with E-state index in [-0.39, 0.29) is 11.8 Å². The number of hydrogen-bond donors (Lipinski definition) is 1. The average molecular weight is 298 g/mol. The van der Waals surface area contributed by atoms with E-state index in [1.807, 2.05) is 32.6 Å². The summed E-state index contributed by atoms with van der Waals surface area (Å²) in [5, 5.41) is 0. The van der Waals surface area contributed by atoms with Crippen LogP contribution in [-0.4, -0.2) is 78.9 Å². The lowest BCUT2D eigenvalue weighted by molar-refractivity contribution is -0.145. The second-order valence-corrected chi connectivity index (χ2v) is 7.20. The van der Waals surface area contributed by atoms with Gasteiger partial charge < -0.3 is 15.5 Å². The Morgan fingerprint density at radius 2 is 1.52 bits per heavy atom. The van der Waals surface area contributed by atoms with Crippen LogP contribution in [0.15, 0.2) is 0 Å². The highest BCUT2D eigenvalue weighted by atomic mass is 16.2. The van der Waals surface area contributed by atoms with E-state index in [9.17, 15) is 9.59 Å². The third-order valence-corrected chi connectivity index (χ3v) is 4.66. The van der Waals surface area contributed by atoms with Crippen LogP contribution >= 0.6 is 0 Å². The minimum Gasteiger partial charge on any atom is -0.348 e. The highest BCUT2D eigenvalue weighted by Crippen LogP contribution is 2.30. The van der Waals surface area contributed by atoms with Crippen molar-refractivity contribution >= 4 is 11.8 Å². The normalized spacial score (nSPS) is 17.8. The van der Waals surface area contributed by atoms with Gasteiger partial charge in [0.05, 0.1) is 12.0 Å². The van der Waals surface area contributed by atoms with Crippen molar-refractivity contribution in [2.75, 3.05) is 46.8 Å². The standard InChI is InChI=1S/C15H30N4O2/c1-14(2,15(3,4)16)13(21)19-9-7-18(8-10-19)11-12(20)17(5)6/h7-11,16H2,1-6H3. The Hall–Kier alpha value is -1.14. The highest BCUT2D eigenvalue weighted by Gasteiger charge is 2.43. The van der Waals surface area contributed by atoms with E-state index in [0.29, 0.717) is 19.6 Å². The molecule has 1 fully saturated rings. The Morgan fingerprint density at radius 3 is 1.90 bits per heavy atom. The smallest absolute Gasteiger partial charge is 0.236 e. The number of hydrogen-bond acceptors (Lipinski definition) is 4. The summed E-state index contributed by atoms with van der Waals surface area (Å²) in [6.07, 6.45) is 0. The van der Waals surface area contributed by atoms with Gasteiger partial charge in [-0.2, -0.15) is 0 Å². The summed E-state index contributed by atoms with van der Waals surface area (Å²) >= 11 is 0. The first-order chi connectivity index (χ1) is 9.46. The molecule has 0 unspecified atom stereocenters. The van der Waals surface area contributed by atoms with Crippen LogP contribution in [0.5, 0.6) is 0 Å². The van der Waals surface area contributed by atoms with Gasteiger partial charge >= 0.3 is 0 Å². The van der Waals surface area contributed by atoms with E-state index >= 15 is 0 Å². The molecule has 122 valence electrons. The molecule has 0 aromatic heterocycles. The van der Waals surface area contributed by atoms with Gasteiger partial charge in [-0.3, -0.25) is 14.5 Å². The van der Waals surface area contributed by atoms with Gasteiger partial charge in [-0.05, 0) is 27.7 Å². The van der Waals surface area contributed by atoms with Crippen molar-refractivity contribution in [2.24, 2.45) is 11.1 Å². The fourth-order valence-electron chi connectivity index (χ4n) is 2.11. The van der Waals surface area contributed by atoms with E-state index in [1.54, 1.807) is 19.0 Å². The molecule has 0 aromatic carbocycles. The Kier molecular flexibility index (Phi) is 5.39. The minimum atomic E-state index is -0.603. The largest absolute Gasteiger partial charge is 0.348 e. The third-order valence-electron chi connectivity index (χ3n) is 4.66. The summed E-state index contributed by atoms with van der Waals surface area (Å²) in [5.41, 5.74) is 4.97. The maximum Gasteiger partial charge on any atom is 0.236 e. The summed E-state index contributed by atoms with van der Waals surface area (Å²) in [6.45, 7) is 10.8. The molecule has 2 N–H and O–H groups in total. The maximum atomic E-state index is 12.7. The van der Waals surface area contributed by atoms with E-state index in [2.05, 4.69) is 4.90 Å². The van der Waals surface area contributed by atoms with Gasteiger partial charge in [0.25, 0.3) is 0 Å². The molecule has 0 spiro atoms. The Balaban J connectivity index is 2.57. The molecule has 1 aliphatic heterocycles. The lowest BCUT2D eigenvalue weighted by Gasteiger charge is -2.43. The molecule has 0 radical (unpaired) electrons. The number of carbonyl (C=O) groups excluding carboxylic acids is 2. The van der Waals surface area contributed by atoms with Crippen LogP contribution in [0.3, 0.4) is 0 Å². The number of amides is 2. The minimum absolute atomic E-state index is 0.0913. The first-order valence-corrected chi connectivity index (χ1v) is 7.47. The lowest BCUT2D eigenvalue weighted by atomic mass is 9.74. The van der Waals surface area contributed by atoms with Crippen molar-refractivity contribution in [1.82, 2.24) is 14.7 Å². The van der Waals surface area contributed by atoms with Crippen molar-refractivity contribution in [3.05, 3.63) is 0 Å². The molecule has 2 amide bonds. The first-order valence-electron chi connectivity index (χ1n) is 7.47. The van der Waals surface area contributed by atoms with Gasteiger partial charge in [0.15, 0.2) is 0 Å². The zero-order chi connectivity index (χ0) is 16.4. The molecule has 1 aliphatic rings. The van der Waals surface area contributed by atoms with Crippen molar-refractivity contribution in [2.45, 2.75) is 33.2 Å². The molecule has 0 bridgehead atoms. The van der Waals surface area contributed by atoms with Crippen molar-refractivity contribution in [1.29, 1.82) is 0 Å².